The molecule has 1 fully saturated rings. The van der Waals surface area contributed by atoms with Gasteiger partial charge in [0.15, 0.2) is 0 Å². The highest BCUT2D eigenvalue weighted by Crippen LogP contribution is 2.28. The molecule has 2 N–H and O–H groups in total. The Labute approximate surface area is 193 Å². The number of hydrogen-bond donors (Lipinski definition) is 2. The minimum absolute atomic E-state index is 0.558. The molecule has 0 aliphatic carbocycles. The first kappa shape index (κ1) is 22.9. The number of halogens is 1. The fourth-order valence-electron chi connectivity index (χ4n) is 3.20. The summed E-state index contributed by atoms with van der Waals surface area (Å²) in [5.74, 6) is 0.171. The minimum Gasteiger partial charge on any atom is -0.478 e. The van der Waals surface area contributed by atoms with Crippen LogP contribution in [0.5, 0.6) is 0 Å². The SMILES string of the molecule is Cc1nc2n(n1)C(N1CCN(C)CC1)=Nc1cc(I)ccc1C2.O=C(O)/C=C\C(=O)O. The van der Waals surface area contributed by atoms with Gasteiger partial charge in [0.2, 0.25) is 5.96 Å². The summed E-state index contributed by atoms with van der Waals surface area (Å²) in [4.78, 5) is 33.4. The summed E-state index contributed by atoms with van der Waals surface area (Å²) < 4.78 is 3.14. The summed E-state index contributed by atoms with van der Waals surface area (Å²) in [5, 5.41) is 20.2. The lowest BCUT2D eigenvalue weighted by Crippen LogP contribution is -2.49. The largest absolute Gasteiger partial charge is 0.478 e. The molecule has 1 saturated heterocycles. The van der Waals surface area contributed by atoms with Crippen LogP contribution in [0.4, 0.5) is 5.69 Å². The van der Waals surface area contributed by atoms with Crippen molar-refractivity contribution in [3.63, 3.8) is 0 Å². The molecule has 1 aromatic carbocycles. The first-order valence-electron chi connectivity index (χ1n) is 9.60. The van der Waals surface area contributed by atoms with Gasteiger partial charge in [-0.2, -0.15) is 4.68 Å². The molecule has 2 aliphatic rings. The Bertz CT molecular complexity index is 1020. The van der Waals surface area contributed by atoms with Crippen LogP contribution in [0.15, 0.2) is 35.3 Å². The number of aryl methyl sites for hydroxylation is 1. The summed E-state index contributed by atoms with van der Waals surface area (Å²) in [6, 6.07) is 6.43. The van der Waals surface area contributed by atoms with Crippen molar-refractivity contribution < 1.29 is 19.8 Å². The second-order valence-corrected chi connectivity index (χ2v) is 8.39. The molecule has 2 aromatic rings. The average Bonchev–Trinajstić information content (AvgIpc) is 3.00. The first-order chi connectivity index (χ1) is 14.7. The van der Waals surface area contributed by atoms with E-state index in [2.05, 4.69) is 67.7 Å². The zero-order chi connectivity index (χ0) is 22.5. The van der Waals surface area contributed by atoms with Crippen molar-refractivity contribution in [1.29, 1.82) is 0 Å². The van der Waals surface area contributed by atoms with Gasteiger partial charge in [-0.3, -0.25) is 0 Å². The van der Waals surface area contributed by atoms with Gasteiger partial charge in [0.25, 0.3) is 0 Å². The van der Waals surface area contributed by atoms with Crippen LogP contribution in [-0.4, -0.2) is 85.9 Å². The standard InChI is InChI=1S/C16H19IN6.C4H4O4/c1-11-18-15-9-12-3-4-13(17)10-14(12)19-16(23(15)20-11)22-7-5-21(2)6-8-22;5-3(6)1-2-4(7)8/h3-4,10H,5-9H2,1-2H3;1-2H,(H,5,6)(H,7,8)/b;2-1-. The van der Waals surface area contributed by atoms with E-state index in [-0.39, 0.29) is 0 Å². The fraction of sp³-hybridized carbons (Fsp3) is 0.350. The second-order valence-electron chi connectivity index (χ2n) is 7.15. The summed E-state index contributed by atoms with van der Waals surface area (Å²) in [6.07, 6.45) is 1.89. The molecule has 10 nitrogen and oxygen atoms in total. The molecule has 31 heavy (non-hydrogen) atoms. The van der Waals surface area contributed by atoms with Gasteiger partial charge >= 0.3 is 11.9 Å². The molecule has 0 bridgehead atoms. The van der Waals surface area contributed by atoms with E-state index in [1.54, 1.807) is 0 Å². The number of fused-ring (bicyclic) bond motifs is 2. The molecule has 0 spiro atoms. The van der Waals surface area contributed by atoms with Crippen molar-refractivity contribution >= 4 is 46.2 Å². The highest BCUT2D eigenvalue weighted by Gasteiger charge is 2.25. The van der Waals surface area contributed by atoms with Gasteiger partial charge in [-0.1, -0.05) is 6.07 Å². The molecule has 3 heterocycles. The maximum absolute atomic E-state index is 9.55. The van der Waals surface area contributed by atoms with Gasteiger partial charge in [-0.15, -0.1) is 5.10 Å². The molecule has 0 amide bonds. The van der Waals surface area contributed by atoms with Crippen LogP contribution in [0, 0.1) is 10.5 Å². The number of carbonyl (C=O) groups is 2. The van der Waals surface area contributed by atoms with E-state index < -0.39 is 11.9 Å². The summed E-state index contributed by atoms with van der Waals surface area (Å²) in [6.45, 7) is 5.96. The highest BCUT2D eigenvalue weighted by atomic mass is 127. The van der Waals surface area contributed by atoms with Gasteiger partial charge < -0.3 is 20.0 Å². The Kier molecular flexibility index (Phi) is 7.38. The number of rotatable bonds is 2. The molecule has 1 aromatic heterocycles. The lowest BCUT2D eigenvalue weighted by atomic mass is 10.1. The van der Waals surface area contributed by atoms with E-state index in [0.717, 1.165) is 55.9 Å². The molecule has 0 radical (unpaired) electrons. The summed E-state index contributed by atoms with van der Waals surface area (Å²) in [5.41, 5.74) is 2.25. The first-order valence-corrected chi connectivity index (χ1v) is 10.7. The van der Waals surface area contributed by atoms with Crippen LogP contribution < -0.4 is 0 Å². The molecule has 0 unspecified atom stereocenters. The van der Waals surface area contributed by atoms with E-state index in [4.69, 9.17) is 15.2 Å². The zero-order valence-electron chi connectivity index (χ0n) is 17.2. The number of hydrogen-bond acceptors (Lipinski definition) is 7. The van der Waals surface area contributed by atoms with E-state index in [1.165, 1.54) is 9.13 Å². The Morgan fingerprint density at radius 2 is 1.74 bits per heavy atom. The average molecular weight is 538 g/mol. The number of nitrogens with zero attached hydrogens (tertiary/aromatic N) is 6. The van der Waals surface area contributed by atoms with Crippen molar-refractivity contribution in [2.75, 3.05) is 33.2 Å². The summed E-state index contributed by atoms with van der Waals surface area (Å²) >= 11 is 2.34. The number of benzene rings is 1. The third-order valence-electron chi connectivity index (χ3n) is 4.74. The highest BCUT2D eigenvalue weighted by molar-refractivity contribution is 14.1. The van der Waals surface area contributed by atoms with Crippen LogP contribution >= 0.6 is 22.6 Å². The van der Waals surface area contributed by atoms with Crippen molar-refractivity contribution in [3.05, 3.63) is 51.1 Å². The van der Waals surface area contributed by atoms with E-state index >= 15 is 0 Å². The van der Waals surface area contributed by atoms with E-state index in [1.807, 2.05) is 11.6 Å². The van der Waals surface area contributed by atoms with Gasteiger partial charge in [0, 0.05) is 48.3 Å². The monoisotopic (exact) mass is 538 g/mol. The van der Waals surface area contributed by atoms with Gasteiger partial charge in [0.1, 0.15) is 11.6 Å². The molecule has 0 saturated carbocycles. The van der Waals surface area contributed by atoms with E-state index in [0.29, 0.717) is 12.2 Å². The second kappa shape index (κ2) is 10.0. The molecule has 2 aliphatic heterocycles. The van der Waals surface area contributed by atoms with Crippen molar-refractivity contribution in [1.82, 2.24) is 24.6 Å². The number of carboxylic acids is 2. The number of carboxylic acid groups (broad SMARTS) is 2. The van der Waals surface area contributed by atoms with Crippen molar-refractivity contribution in [2.24, 2.45) is 4.99 Å². The van der Waals surface area contributed by atoms with Crippen molar-refractivity contribution in [3.8, 4) is 0 Å². The minimum atomic E-state index is -1.26. The number of likely N-dealkylation sites (N-methyl/N-ethyl adjacent to an activating group) is 1. The maximum Gasteiger partial charge on any atom is 0.328 e. The van der Waals surface area contributed by atoms with Crippen LogP contribution in [0.25, 0.3) is 0 Å². The topological polar surface area (TPSA) is 124 Å². The van der Waals surface area contributed by atoms with Crippen LogP contribution in [0.2, 0.25) is 0 Å². The quantitative estimate of drug-likeness (QED) is 0.437. The normalized spacial score (nSPS) is 16.0. The molecular formula is C20H23IN6O4. The number of aromatic nitrogens is 3. The van der Waals surface area contributed by atoms with Gasteiger partial charge in [-0.05, 0) is 54.3 Å². The molecular weight excluding hydrogens is 515 g/mol. The Hall–Kier alpha value is -2.80. The lowest BCUT2D eigenvalue weighted by molar-refractivity contribution is -0.134. The zero-order valence-corrected chi connectivity index (χ0v) is 19.4. The predicted octanol–water partition coefficient (Wildman–Crippen LogP) is 1.59. The smallest absolute Gasteiger partial charge is 0.328 e. The third-order valence-corrected chi connectivity index (χ3v) is 5.41. The van der Waals surface area contributed by atoms with Gasteiger partial charge in [0.05, 0.1) is 5.69 Å². The van der Waals surface area contributed by atoms with Crippen molar-refractivity contribution in [2.45, 2.75) is 13.3 Å². The predicted molar refractivity (Wildman–Crippen MR) is 123 cm³/mol. The lowest BCUT2D eigenvalue weighted by Gasteiger charge is -2.34. The van der Waals surface area contributed by atoms with Crippen LogP contribution in [0.1, 0.15) is 17.2 Å². The molecule has 11 heteroatoms. The molecule has 4 rings (SSSR count). The number of aliphatic imine (C=N–C) groups is 1. The fourth-order valence-corrected chi connectivity index (χ4v) is 3.68. The number of aliphatic carboxylic acids is 2. The Morgan fingerprint density at radius 1 is 1.10 bits per heavy atom. The third kappa shape index (κ3) is 6.10. The van der Waals surface area contributed by atoms with E-state index in [9.17, 15) is 9.59 Å². The Balaban J connectivity index is 0.000000293. The molecule has 0 atom stereocenters. The van der Waals surface area contributed by atoms with Crippen LogP contribution in [0.3, 0.4) is 0 Å². The number of piperazine rings is 1. The summed E-state index contributed by atoms with van der Waals surface area (Å²) in [7, 11) is 2.16. The van der Waals surface area contributed by atoms with Gasteiger partial charge in [-0.25, -0.2) is 19.6 Å². The Morgan fingerprint density at radius 3 is 2.35 bits per heavy atom. The molecule has 164 valence electrons. The van der Waals surface area contributed by atoms with Crippen LogP contribution in [-0.2, 0) is 16.0 Å². The maximum atomic E-state index is 9.55.